The predicted octanol–water partition coefficient (Wildman–Crippen LogP) is 7.50. The van der Waals surface area contributed by atoms with Crippen molar-refractivity contribution in [1.82, 2.24) is 16.0 Å². The second-order valence-electron chi connectivity index (χ2n) is 13.0. The number of alkyl carbamates (subject to hydrolysis) is 1. The van der Waals surface area contributed by atoms with Crippen molar-refractivity contribution in [3.63, 3.8) is 0 Å². The summed E-state index contributed by atoms with van der Waals surface area (Å²) in [6.45, 7) is 12.4. The summed E-state index contributed by atoms with van der Waals surface area (Å²) in [5.41, 5.74) is -0.651. The van der Waals surface area contributed by atoms with Gasteiger partial charge in [-0.3, -0.25) is 14.4 Å². The monoisotopic (exact) mass is 611 g/mol. The topological polar surface area (TPSA) is 123 Å². The standard InChI is InChI=1S/C34H65N3O6/c1-7-8-9-10-12-15-18-24-30(38)35-26-22-20-23-29(37-33(41)43-34(4,5)6)32(40)36-27-21-17-14-11-13-16-19-25-31(39)42-28(2)3/h28-29H,7-27H2,1-6H3,(H,35,38)(H,36,40)(H,37,41). The summed E-state index contributed by atoms with van der Waals surface area (Å²) in [6.07, 6.45) is 17.6. The third kappa shape index (κ3) is 28.2. The van der Waals surface area contributed by atoms with Gasteiger partial charge in [-0.1, -0.05) is 77.6 Å². The highest BCUT2D eigenvalue weighted by atomic mass is 16.6. The van der Waals surface area contributed by atoms with Crippen LogP contribution in [0.3, 0.4) is 0 Å². The zero-order valence-electron chi connectivity index (χ0n) is 28.5. The Kier molecular flexibility index (Phi) is 24.7. The van der Waals surface area contributed by atoms with E-state index in [0.29, 0.717) is 38.8 Å². The number of hydrogen-bond acceptors (Lipinski definition) is 6. The van der Waals surface area contributed by atoms with Gasteiger partial charge in [-0.25, -0.2) is 4.79 Å². The zero-order valence-corrected chi connectivity index (χ0v) is 28.5. The van der Waals surface area contributed by atoms with E-state index < -0.39 is 17.7 Å². The molecule has 0 radical (unpaired) electrons. The molecule has 9 nitrogen and oxygen atoms in total. The van der Waals surface area contributed by atoms with Gasteiger partial charge in [0.15, 0.2) is 0 Å². The Hall–Kier alpha value is -2.32. The number of rotatable bonds is 26. The fourth-order valence-corrected chi connectivity index (χ4v) is 4.69. The van der Waals surface area contributed by atoms with Crippen molar-refractivity contribution < 1.29 is 28.7 Å². The Balaban J connectivity index is 4.22. The van der Waals surface area contributed by atoms with Crippen LogP contribution in [0.2, 0.25) is 0 Å². The molecule has 9 heteroatoms. The lowest BCUT2D eigenvalue weighted by molar-refractivity contribution is -0.147. The van der Waals surface area contributed by atoms with Gasteiger partial charge in [0.1, 0.15) is 11.6 Å². The van der Waals surface area contributed by atoms with Crippen LogP contribution < -0.4 is 16.0 Å². The summed E-state index contributed by atoms with van der Waals surface area (Å²) in [5.74, 6) is -0.241. The lowest BCUT2D eigenvalue weighted by Crippen LogP contribution is -2.48. The second-order valence-corrected chi connectivity index (χ2v) is 13.0. The number of ether oxygens (including phenoxy) is 2. The van der Waals surface area contributed by atoms with Crippen LogP contribution in [0.25, 0.3) is 0 Å². The molecule has 0 aromatic rings. The average molecular weight is 612 g/mol. The van der Waals surface area contributed by atoms with Gasteiger partial charge in [-0.05, 0) is 73.1 Å². The molecule has 0 aliphatic rings. The largest absolute Gasteiger partial charge is 0.463 e. The molecule has 1 unspecified atom stereocenters. The Bertz CT molecular complexity index is 751. The molecule has 3 amide bonds. The number of carbonyl (C=O) groups excluding carboxylic acids is 4. The van der Waals surface area contributed by atoms with E-state index in [1.165, 1.54) is 32.1 Å². The summed E-state index contributed by atoms with van der Waals surface area (Å²) in [4.78, 5) is 48.9. The smallest absolute Gasteiger partial charge is 0.408 e. The van der Waals surface area contributed by atoms with E-state index in [1.807, 2.05) is 13.8 Å². The van der Waals surface area contributed by atoms with Crippen LogP contribution in [0.4, 0.5) is 4.79 Å². The van der Waals surface area contributed by atoms with E-state index in [0.717, 1.165) is 64.2 Å². The molecule has 0 aliphatic carbocycles. The molecule has 0 aromatic heterocycles. The summed E-state index contributed by atoms with van der Waals surface area (Å²) in [7, 11) is 0. The van der Waals surface area contributed by atoms with Crippen LogP contribution in [-0.4, -0.2) is 54.7 Å². The SMILES string of the molecule is CCCCCCCCCC(=O)NCCCCC(NC(=O)OC(C)(C)C)C(=O)NCCCCCCCCCC(=O)OC(C)C. The molecule has 0 aliphatic heterocycles. The molecule has 0 saturated carbocycles. The number of nitrogens with one attached hydrogen (secondary N) is 3. The molecule has 0 heterocycles. The zero-order chi connectivity index (χ0) is 32.3. The number of unbranched alkanes of at least 4 members (excludes halogenated alkanes) is 13. The number of amides is 3. The second kappa shape index (κ2) is 26.1. The van der Waals surface area contributed by atoms with E-state index in [9.17, 15) is 19.2 Å². The quantitative estimate of drug-likeness (QED) is 0.0688. The molecule has 0 spiro atoms. The van der Waals surface area contributed by atoms with Crippen molar-refractivity contribution >= 4 is 23.9 Å². The van der Waals surface area contributed by atoms with Gasteiger partial charge in [-0.2, -0.15) is 0 Å². The average Bonchev–Trinajstić information content (AvgIpc) is 2.91. The summed E-state index contributed by atoms with van der Waals surface area (Å²) < 4.78 is 10.5. The van der Waals surface area contributed by atoms with Gasteiger partial charge in [0.2, 0.25) is 11.8 Å². The minimum atomic E-state index is -0.680. The van der Waals surface area contributed by atoms with Crippen LogP contribution in [0.1, 0.15) is 164 Å². The fraction of sp³-hybridized carbons (Fsp3) is 0.882. The van der Waals surface area contributed by atoms with E-state index >= 15 is 0 Å². The molecule has 1 atom stereocenters. The third-order valence-corrected chi connectivity index (χ3v) is 6.98. The maximum absolute atomic E-state index is 12.9. The Labute approximate surface area is 262 Å². The van der Waals surface area contributed by atoms with Gasteiger partial charge < -0.3 is 25.4 Å². The highest BCUT2D eigenvalue weighted by Crippen LogP contribution is 2.11. The number of hydrogen-bond donors (Lipinski definition) is 3. The molecule has 0 aromatic carbocycles. The highest BCUT2D eigenvalue weighted by Gasteiger charge is 2.24. The summed E-state index contributed by atoms with van der Waals surface area (Å²) in [5, 5.41) is 8.67. The Morgan fingerprint density at radius 3 is 1.74 bits per heavy atom. The molecule has 0 saturated heterocycles. The van der Waals surface area contributed by atoms with Crippen LogP contribution >= 0.6 is 0 Å². The number of esters is 1. The molecule has 43 heavy (non-hydrogen) atoms. The molecular formula is C34H65N3O6. The highest BCUT2D eigenvalue weighted by molar-refractivity contribution is 5.85. The Morgan fingerprint density at radius 2 is 1.16 bits per heavy atom. The van der Waals surface area contributed by atoms with Gasteiger partial charge in [0.25, 0.3) is 0 Å². The lowest BCUT2D eigenvalue weighted by Gasteiger charge is -2.23. The van der Waals surface area contributed by atoms with Crippen molar-refractivity contribution in [2.24, 2.45) is 0 Å². The van der Waals surface area contributed by atoms with Crippen LogP contribution in [0, 0.1) is 0 Å². The van der Waals surface area contributed by atoms with Crippen LogP contribution in [-0.2, 0) is 23.9 Å². The molecular weight excluding hydrogens is 546 g/mol. The molecule has 252 valence electrons. The van der Waals surface area contributed by atoms with E-state index in [2.05, 4.69) is 22.9 Å². The number of carbonyl (C=O) groups is 4. The molecule has 0 rings (SSSR count). The minimum Gasteiger partial charge on any atom is -0.463 e. The van der Waals surface area contributed by atoms with E-state index in [4.69, 9.17) is 9.47 Å². The third-order valence-electron chi connectivity index (χ3n) is 6.98. The molecule has 0 bridgehead atoms. The van der Waals surface area contributed by atoms with E-state index in [1.54, 1.807) is 20.8 Å². The van der Waals surface area contributed by atoms with Gasteiger partial charge >= 0.3 is 12.1 Å². The van der Waals surface area contributed by atoms with Crippen molar-refractivity contribution in [2.45, 2.75) is 181 Å². The maximum atomic E-state index is 12.9. The van der Waals surface area contributed by atoms with Gasteiger partial charge in [-0.15, -0.1) is 0 Å². The normalized spacial score (nSPS) is 12.1. The first kappa shape index (κ1) is 40.7. The fourth-order valence-electron chi connectivity index (χ4n) is 4.69. The predicted molar refractivity (Wildman–Crippen MR) is 174 cm³/mol. The summed E-state index contributed by atoms with van der Waals surface area (Å²) >= 11 is 0. The van der Waals surface area contributed by atoms with Gasteiger partial charge in [0, 0.05) is 25.9 Å². The molecule has 0 fully saturated rings. The van der Waals surface area contributed by atoms with Crippen molar-refractivity contribution in [1.29, 1.82) is 0 Å². The first-order valence-electron chi connectivity index (χ1n) is 17.2. The van der Waals surface area contributed by atoms with Crippen molar-refractivity contribution in [3.05, 3.63) is 0 Å². The van der Waals surface area contributed by atoms with Crippen molar-refractivity contribution in [3.8, 4) is 0 Å². The van der Waals surface area contributed by atoms with E-state index in [-0.39, 0.29) is 23.9 Å². The maximum Gasteiger partial charge on any atom is 0.408 e. The first-order valence-corrected chi connectivity index (χ1v) is 17.2. The first-order chi connectivity index (χ1) is 20.4. The lowest BCUT2D eigenvalue weighted by atomic mass is 10.1. The minimum absolute atomic E-state index is 0.0557. The van der Waals surface area contributed by atoms with Crippen molar-refractivity contribution in [2.75, 3.05) is 13.1 Å². The van der Waals surface area contributed by atoms with Gasteiger partial charge in [0.05, 0.1) is 6.10 Å². The van der Waals surface area contributed by atoms with Crippen LogP contribution in [0.15, 0.2) is 0 Å². The summed E-state index contributed by atoms with van der Waals surface area (Å²) in [6, 6.07) is -0.680. The van der Waals surface area contributed by atoms with Crippen LogP contribution in [0.5, 0.6) is 0 Å². The Morgan fingerprint density at radius 1 is 0.651 bits per heavy atom. The molecule has 3 N–H and O–H groups in total.